The van der Waals surface area contributed by atoms with Gasteiger partial charge in [0.15, 0.2) is 6.04 Å². The van der Waals surface area contributed by atoms with E-state index in [1.165, 1.54) is 0 Å². The van der Waals surface area contributed by atoms with Crippen molar-refractivity contribution in [1.82, 2.24) is 4.98 Å². The number of benzene rings is 1. The number of nitrogens with zero attached hydrogens (tertiary/aromatic N) is 1. The first kappa shape index (κ1) is 13.1. The number of rotatable bonds is 4. The molecule has 0 aliphatic heterocycles. The van der Waals surface area contributed by atoms with Gasteiger partial charge in [0.05, 0.1) is 0 Å². The number of anilines is 1. The van der Waals surface area contributed by atoms with Gasteiger partial charge in [0.2, 0.25) is 0 Å². The fourth-order valence-corrected chi connectivity index (χ4v) is 1.95. The lowest BCUT2D eigenvalue weighted by molar-refractivity contribution is -0.138. The number of carboxylic acids is 1. The molecule has 0 bridgehead atoms. The van der Waals surface area contributed by atoms with Gasteiger partial charge in [0, 0.05) is 23.6 Å². The van der Waals surface area contributed by atoms with Crippen LogP contribution >= 0.6 is 0 Å². The third-order valence-corrected chi connectivity index (χ3v) is 2.97. The fraction of sp³-hybridized carbons (Fsp3) is 0.200. The number of aliphatic carboxylic acids is 1. The van der Waals surface area contributed by atoms with Gasteiger partial charge >= 0.3 is 5.97 Å². The Hall–Kier alpha value is -2.36. The highest BCUT2D eigenvalue weighted by Crippen LogP contribution is 2.22. The summed E-state index contributed by atoms with van der Waals surface area (Å²) in [5, 5.41) is 12.4. The molecule has 1 heterocycles. The highest BCUT2D eigenvalue weighted by atomic mass is 16.4. The zero-order valence-electron chi connectivity index (χ0n) is 10.9. The molecule has 4 nitrogen and oxygen atoms in total. The number of hydrogen-bond donors (Lipinski definition) is 2. The number of carbonyl (C=O) groups is 1. The van der Waals surface area contributed by atoms with Gasteiger partial charge in [-0.3, -0.25) is 4.98 Å². The molecule has 0 radical (unpaired) electrons. The van der Waals surface area contributed by atoms with E-state index >= 15 is 0 Å². The Morgan fingerprint density at radius 1 is 1.32 bits per heavy atom. The van der Waals surface area contributed by atoms with E-state index in [0.29, 0.717) is 5.56 Å². The second-order valence-electron chi connectivity index (χ2n) is 4.52. The molecule has 1 aromatic carbocycles. The van der Waals surface area contributed by atoms with E-state index < -0.39 is 12.0 Å². The predicted molar refractivity (Wildman–Crippen MR) is 74.2 cm³/mol. The molecule has 0 saturated carbocycles. The molecular weight excluding hydrogens is 240 g/mol. The molecule has 0 aliphatic rings. The number of carboxylic acid groups (broad SMARTS) is 1. The monoisotopic (exact) mass is 256 g/mol. The second-order valence-corrected chi connectivity index (χ2v) is 4.52. The van der Waals surface area contributed by atoms with Gasteiger partial charge in [-0.05, 0) is 43.2 Å². The van der Waals surface area contributed by atoms with Crippen LogP contribution in [0.5, 0.6) is 0 Å². The van der Waals surface area contributed by atoms with Crippen LogP contribution in [0.25, 0.3) is 0 Å². The second kappa shape index (κ2) is 5.52. The van der Waals surface area contributed by atoms with Gasteiger partial charge in [-0.15, -0.1) is 0 Å². The maximum absolute atomic E-state index is 11.5. The summed E-state index contributed by atoms with van der Waals surface area (Å²) in [4.78, 5) is 15.5. The van der Waals surface area contributed by atoms with Gasteiger partial charge in [-0.2, -0.15) is 0 Å². The van der Waals surface area contributed by atoms with Gasteiger partial charge in [0.1, 0.15) is 0 Å². The Morgan fingerprint density at radius 3 is 2.74 bits per heavy atom. The average molecular weight is 256 g/mol. The van der Waals surface area contributed by atoms with Crippen LogP contribution in [0.4, 0.5) is 5.69 Å². The van der Waals surface area contributed by atoms with Gasteiger partial charge in [-0.1, -0.05) is 12.1 Å². The van der Waals surface area contributed by atoms with Crippen LogP contribution in [0.15, 0.2) is 42.7 Å². The average Bonchev–Trinajstić information content (AvgIpc) is 2.37. The first-order valence-corrected chi connectivity index (χ1v) is 6.04. The Balaban J connectivity index is 2.32. The highest BCUT2D eigenvalue weighted by Gasteiger charge is 2.21. The van der Waals surface area contributed by atoms with Gasteiger partial charge in [-0.25, -0.2) is 4.79 Å². The van der Waals surface area contributed by atoms with E-state index in [9.17, 15) is 9.90 Å². The Labute approximate surface area is 112 Å². The third kappa shape index (κ3) is 3.10. The van der Waals surface area contributed by atoms with Crippen molar-refractivity contribution < 1.29 is 9.90 Å². The lowest BCUT2D eigenvalue weighted by atomic mass is 10.0. The molecule has 98 valence electrons. The highest BCUT2D eigenvalue weighted by molar-refractivity contribution is 5.79. The van der Waals surface area contributed by atoms with Crippen molar-refractivity contribution in [2.75, 3.05) is 5.32 Å². The van der Waals surface area contributed by atoms with E-state index in [2.05, 4.69) is 10.3 Å². The molecule has 0 spiro atoms. The largest absolute Gasteiger partial charge is 0.479 e. The van der Waals surface area contributed by atoms with Crippen LogP contribution in [0, 0.1) is 13.8 Å². The SMILES string of the molecule is Cc1cccc(NC(C(=O)O)c2cnccc2C)c1. The maximum Gasteiger partial charge on any atom is 0.330 e. The quantitative estimate of drug-likeness (QED) is 0.882. The van der Waals surface area contributed by atoms with Crippen molar-refractivity contribution in [2.45, 2.75) is 19.9 Å². The molecule has 0 fully saturated rings. The van der Waals surface area contributed by atoms with Crippen LogP contribution in [0.3, 0.4) is 0 Å². The van der Waals surface area contributed by atoms with E-state index in [4.69, 9.17) is 0 Å². The number of hydrogen-bond acceptors (Lipinski definition) is 3. The molecule has 1 atom stereocenters. The molecule has 1 unspecified atom stereocenters. The Morgan fingerprint density at radius 2 is 2.11 bits per heavy atom. The smallest absolute Gasteiger partial charge is 0.330 e. The number of aromatic nitrogens is 1. The van der Waals surface area contributed by atoms with Crippen LogP contribution in [-0.4, -0.2) is 16.1 Å². The Kier molecular flexibility index (Phi) is 3.80. The minimum absolute atomic E-state index is 0.677. The summed E-state index contributed by atoms with van der Waals surface area (Å²) in [6.45, 7) is 3.85. The molecule has 2 aromatic rings. The van der Waals surface area contributed by atoms with Crippen LogP contribution in [0.1, 0.15) is 22.7 Å². The summed E-state index contributed by atoms with van der Waals surface area (Å²) >= 11 is 0. The van der Waals surface area contributed by atoms with Crippen molar-refractivity contribution in [1.29, 1.82) is 0 Å². The number of aryl methyl sites for hydroxylation is 2. The number of nitrogens with one attached hydrogen (secondary N) is 1. The molecule has 0 saturated heterocycles. The minimum Gasteiger partial charge on any atom is -0.479 e. The van der Waals surface area contributed by atoms with Gasteiger partial charge < -0.3 is 10.4 Å². The van der Waals surface area contributed by atoms with Crippen LogP contribution in [0.2, 0.25) is 0 Å². The molecule has 0 aliphatic carbocycles. The lowest BCUT2D eigenvalue weighted by Gasteiger charge is -2.18. The predicted octanol–water partition coefficient (Wildman–Crippen LogP) is 2.94. The molecular formula is C15H16N2O2. The van der Waals surface area contributed by atoms with E-state index in [0.717, 1.165) is 16.8 Å². The normalized spacial score (nSPS) is 11.9. The van der Waals surface area contributed by atoms with E-state index in [1.807, 2.05) is 44.2 Å². The molecule has 0 amide bonds. The topological polar surface area (TPSA) is 62.2 Å². The van der Waals surface area contributed by atoms with Crippen LogP contribution in [-0.2, 0) is 4.79 Å². The summed E-state index contributed by atoms with van der Waals surface area (Å²) in [5.41, 5.74) is 3.45. The zero-order valence-corrected chi connectivity index (χ0v) is 10.9. The van der Waals surface area contributed by atoms with Crippen molar-refractivity contribution >= 4 is 11.7 Å². The summed E-state index contributed by atoms with van der Waals surface area (Å²) < 4.78 is 0. The molecule has 1 aromatic heterocycles. The van der Waals surface area contributed by atoms with E-state index in [1.54, 1.807) is 12.4 Å². The van der Waals surface area contributed by atoms with Gasteiger partial charge in [0.25, 0.3) is 0 Å². The zero-order chi connectivity index (χ0) is 13.8. The standard InChI is InChI=1S/C15H16N2O2/c1-10-4-3-5-12(8-10)17-14(15(18)19)13-9-16-7-6-11(13)2/h3-9,14,17H,1-2H3,(H,18,19). The third-order valence-electron chi connectivity index (χ3n) is 2.97. The molecule has 19 heavy (non-hydrogen) atoms. The van der Waals surface area contributed by atoms with Crippen molar-refractivity contribution in [3.05, 3.63) is 59.4 Å². The summed E-state index contributed by atoms with van der Waals surface area (Å²) in [6.07, 6.45) is 3.25. The summed E-state index contributed by atoms with van der Waals surface area (Å²) in [7, 11) is 0. The lowest BCUT2D eigenvalue weighted by Crippen LogP contribution is -2.21. The Bertz CT molecular complexity index is 596. The molecule has 4 heteroatoms. The summed E-state index contributed by atoms with van der Waals surface area (Å²) in [5.74, 6) is -0.919. The van der Waals surface area contributed by atoms with Crippen LogP contribution < -0.4 is 5.32 Å². The van der Waals surface area contributed by atoms with E-state index in [-0.39, 0.29) is 0 Å². The fourth-order valence-electron chi connectivity index (χ4n) is 1.95. The minimum atomic E-state index is -0.919. The summed E-state index contributed by atoms with van der Waals surface area (Å²) in [6, 6.07) is 8.65. The molecule has 2 rings (SSSR count). The van der Waals surface area contributed by atoms with Crippen molar-refractivity contribution in [3.63, 3.8) is 0 Å². The van der Waals surface area contributed by atoms with Crippen molar-refractivity contribution in [2.24, 2.45) is 0 Å². The first-order chi connectivity index (χ1) is 9.08. The maximum atomic E-state index is 11.5. The van der Waals surface area contributed by atoms with Crippen molar-refractivity contribution in [3.8, 4) is 0 Å². The first-order valence-electron chi connectivity index (χ1n) is 6.04. The molecule has 2 N–H and O–H groups in total. The number of pyridine rings is 1.